The van der Waals surface area contributed by atoms with Crippen LogP contribution in [0.5, 0.6) is 0 Å². The summed E-state index contributed by atoms with van der Waals surface area (Å²) in [6, 6.07) is 4.00. The maximum absolute atomic E-state index is 12.1. The number of aryl methyl sites for hydroxylation is 1. The molecular formula is C16H23N5O2. The van der Waals surface area contributed by atoms with Crippen LogP contribution in [0.4, 0.5) is 0 Å². The van der Waals surface area contributed by atoms with E-state index in [0.717, 1.165) is 18.8 Å². The van der Waals surface area contributed by atoms with Gasteiger partial charge in [0, 0.05) is 13.0 Å². The van der Waals surface area contributed by atoms with Gasteiger partial charge in [-0.3, -0.25) is 14.4 Å². The third kappa shape index (κ3) is 4.41. The predicted molar refractivity (Wildman–Crippen MR) is 84.5 cm³/mol. The third-order valence-corrected chi connectivity index (χ3v) is 4.23. The molecule has 124 valence electrons. The van der Waals surface area contributed by atoms with Gasteiger partial charge in [0.05, 0.1) is 18.8 Å². The quantitative estimate of drug-likeness (QED) is 0.839. The van der Waals surface area contributed by atoms with E-state index in [1.54, 1.807) is 17.3 Å². The lowest BCUT2D eigenvalue weighted by Crippen LogP contribution is -2.40. The molecule has 0 aromatic carbocycles. The molecule has 2 aromatic rings. The average molecular weight is 317 g/mol. The van der Waals surface area contributed by atoms with Gasteiger partial charge in [0.25, 0.3) is 0 Å². The van der Waals surface area contributed by atoms with Crippen molar-refractivity contribution in [2.45, 2.75) is 38.3 Å². The number of nitrogens with zero attached hydrogens (tertiary/aromatic N) is 4. The van der Waals surface area contributed by atoms with E-state index in [9.17, 15) is 4.79 Å². The molecule has 0 spiro atoms. The Morgan fingerprint density at radius 3 is 2.91 bits per heavy atom. The molecule has 7 heteroatoms. The van der Waals surface area contributed by atoms with E-state index >= 15 is 0 Å². The summed E-state index contributed by atoms with van der Waals surface area (Å²) in [7, 11) is 0. The van der Waals surface area contributed by atoms with Crippen molar-refractivity contribution in [2.75, 3.05) is 19.6 Å². The minimum atomic E-state index is 0.0223. The first kappa shape index (κ1) is 15.7. The third-order valence-electron chi connectivity index (χ3n) is 4.23. The number of carbonyl (C=O) groups excluding carboxylic acids is 1. The molecule has 1 aliphatic rings. The first-order valence-corrected chi connectivity index (χ1v) is 8.19. The summed E-state index contributed by atoms with van der Waals surface area (Å²) in [5.74, 6) is 0.942. The largest absolute Gasteiger partial charge is 0.468 e. The number of likely N-dealkylation sites (tertiary alicyclic amines) is 1. The summed E-state index contributed by atoms with van der Waals surface area (Å²) < 4.78 is 7.25. The normalized spacial score (nSPS) is 17.0. The molecule has 1 N–H and O–H groups in total. The first-order chi connectivity index (χ1) is 11.3. The Balaban J connectivity index is 1.52. The average Bonchev–Trinajstić information content (AvgIpc) is 3.28. The molecule has 3 heterocycles. The fourth-order valence-electron chi connectivity index (χ4n) is 2.98. The van der Waals surface area contributed by atoms with Gasteiger partial charge in [0.15, 0.2) is 0 Å². The molecule has 1 saturated heterocycles. The van der Waals surface area contributed by atoms with Crippen molar-refractivity contribution in [1.82, 2.24) is 25.0 Å². The second-order valence-electron chi connectivity index (χ2n) is 5.84. The minimum absolute atomic E-state index is 0.0223. The second kappa shape index (κ2) is 7.92. The van der Waals surface area contributed by atoms with Gasteiger partial charge in [0.1, 0.15) is 18.4 Å². The minimum Gasteiger partial charge on any atom is -0.468 e. The van der Waals surface area contributed by atoms with E-state index < -0.39 is 0 Å². The fourth-order valence-corrected chi connectivity index (χ4v) is 2.98. The van der Waals surface area contributed by atoms with Crippen LogP contribution in [-0.4, -0.2) is 45.2 Å². The zero-order chi connectivity index (χ0) is 15.9. The van der Waals surface area contributed by atoms with Crippen molar-refractivity contribution in [3.8, 4) is 0 Å². The highest BCUT2D eigenvalue weighted by molar-refractivity contribution is 5.75. The van der Waals surface area contributed by atoms with Crippen LogP contribution in [0.15, 0.2) is 35.5 Å². The van der Waals surface area contributed by atoms with E-state index in [1.165, 1.54) is 25.6 Å². The molecule has 0 radical (unpaired) electrons. The van der Waals surface area contributed by atoms with Gasteiger partial charge < -0.3 is 9.73 Å². The van der Waals surface area contributed by atoms with Crippen molar-refractivity contribution in [1.29, 1.82) is 0 Å². The Morgan fingerprint density at radius 1 is 1.35 bits per heavy atom. The van der Waals surface area contributed by atoms with Crippen LogP contribution in [0.25, 0.3) is 0 Å². The van der Waals surface area contributed by atoms with E-state index in [0.29, 0.717) is 19.5 Å². The molecule has 1 atom stereocenters. The van der Waals surface area contributed by atoms with E-state index in [2.05, 4.69) is 20.3 Å². The summed E-state index contributed by atoms with van der Waals surface area (Å²) >= 11 is 0. The smallest absolute Gasteiger partial charge is 0.221 e. The van der Waals surface area contributed by atoms with Crippen molar-refractivity contribution in [3.63, 3.8) is 0 Å². The summed E-state index contributed by atoms with van der Waals surface area (Å²) in [4.78, 5) is 18.3. The van der Waals surface area contributed by atoms with Gasteiger partial charge in [-0.1, -0.05) is 6.42 Å². The van der Waals surface area contributed by atoms with Gasteiger partial charge in [-0.15, -0.1) is 0 Å². The van der Waals surface area contributed by atoms with Crippen LogP contribution < -0.4 is 5.32 Å². The molecule has 0 aliphatic carbocycles. The lowest BCUT2D eigenvalue weighted by molar-refractivity contribution is -0.121. The number of rotatable bonds is 7. The van der Waals surface area contributed by atoms with Crippen molar-refractivity contribution in [2.24, 2.45) is 0 Å². The number of carbonyl (C=O) groups is 1. The lowest BCUT2D eigenvalue weighted by atomic mass is 10.1. The molecule has 3 rings (SSSR count). The van der Waals surface area contributed by atoms with Crippen LogP contribution >= 0.6 is 0 Å². The molecule has 0 saturated carbocycles. The molecular weight excluding hydrogens is 294 g/mol. The molecule has 7 nitrogen and oxygen atoms in total. The monoisotopic (exact) mass is 317 g/mol. The summed E-state index contributed by atoms with van der Waals surface area (Å²) in [5.41, 5.74) is 0. The van der Waals surface area contributed by atoms with Crippen LogP contribution in [0, 0.1) is 0 Å². The van der Waals surface area contributed by atoms with Crippen molar-refractivity contribution in [3.05, 3.63) is 36.8 Å². The summed E-state index contributed by atoms with van der Waals surface area (Å²) in [6.45, 7) is 3.23. The zero-order valence-corrected chi connectivity index (χ0v) is 13.2. The Hall–Kier alpha value is -2.15. The van der Waals surface area contributed by atoms with Gasteiger partial charge >= 0.3 is 0 Å². The predicted octanol–water partition coefficient (Wildman–Crippen LogP) is 1.60. The SMILES string of the molecule is O=C(CCn1cncn1)NC[C@H](c1ccco1)N1CCCCC1. The van der Waals surface area contributed by atoms with Gasteiger partial charge in [-0.25, -0.2) is 4.98 Å². The summed E-state index contributed by atoms with van der Waals surface area (Å²) in [6.07, 6.45) is 8.88. The van der Waals surface area contributed by atoms with Crippen LogP contribution in [-0.2, 0) is 11.3 Å². The first-order valence-electron chi connectivity index (χ1n) is 8.19. The maximum Gasteiger partial charge on any atom is 0.221 e. The molecule has 1 aliphatic heterocycles. The Kier molecular flexibility index (Phi) is 5.42. The molecule has 0 unspecified atom stereocenters. The van der Waals surface area contributed by atoms with Gasteiger partial charge in [0.2, 0.25) is 5.91 Å². The Labute approximate surface area is 135 Å². The number of nitrogens with one attached hydrogen (secondary N) is 1. The second-order valence-corrected chi connectivity index (χ2v) is 5.84. The fraction of sp³-hybridized carbons (Fsp3) is 0.562. The van der Waals surface area contributed by atoms with Crippen LogP contribution in [0.2, 0.25) is 0 Å². The Morgan fingerprint density at radius 2 is 2.22 bits per heavy atom. The summed E-state index contributed by atoms with van der Waals surface area (Å²) in [5, 5.41) is 7.03. The topological polar surface area (TPSA) is 76.2 Å². The van der Waals surface area contributed by atoms with Crippen LogP contribution in [0.1, 0.15) is 37.5 Å². The molecule has 0 bridgehead atoms. The van der Waals surface area contributed by atoms with Gasteiger partial charge in [-0.2, -0.15) is 5.10 Å². The van der Waals surface area contributed by atoms with E-state index in [1.807, 2.05) is 12.1 Å². The number of furan rings is 1. The number of aromatic nitrogens is 3. The lowest BCUT2D eigenvalue weighted by Gasteiger charge is -2.33. The highest BCUT2D eigenvalue weighted by Gasteiger charge is 2.24. The molecule has 1 amide bonds. The molecule has 23 heavy (non-hydrogen) atoms. The van der Waals surface area contributed by atoms with E-state index in [4.69, 9.17) is 4.42 Å². The number of amides is 1. The van der Waals surface area contributed by atoms with Crippen LogP contribution in [0.3, 0.4) is 0 Å². The zero-order valence-electron chi connectivity index (χ0n) is 13.2. The molecule has 2 aromatic heterocycles. The highest BCUT2D eigenvalue weighted by atomic mass is 16.3. The number of hydrogen-bond donors (Lipinski definition) is 1. The molecule has 1 fully saturated rings. The number of hydrogen-bond acceptors (Lipinski definition) is 5. The maximum atomic E-state index is 12.1. The number of piperidine rings is 1. The Bertz CT molecular complexity index is 576. The van der Waals surface area contributed by atoms with Crippen molar-refractivity contribution >= 4 is 5.91 Å². The van der Waals surface area contributed by atoms with E-state index in [-0.39, 0.29) is 11.9 Å². The highest BCUT2D eigenvalue weighted by Crippen LogP contribution is 2.24. The van der Waals surface area contributed by atoms with Crippen molar-refractivity contribution < 1.29 is 9.21 Å². The van der Waals surface area contributed by atoms with Gasteiger partial charge in [-0.05, 0) is 38.1 Å². The standard InChI is InChI=1S/C16H23N5O2/c22-16(6-9-21-13-17-12-19-21)18-11-14(15-5-4-10-23-15)20-7-2-1-3-8-20/h4-5,10,12-14H,1-3,6-9,11H2,(H,18,22)/t14-/m1/s1.